The van der Waals surface area contributed by atoms with Crippen molar-refractivity contribution in [3.8, 4) is 11.5 Å². The second kappa shape index (κ2) is 12.6. The van der Waals surface area contributed by atoms with Crippen LogP contribution in [0.3, 0.4) is 0 Å². The van der Waals surface area contributed by atoms with Crippen LogP contribution in [0.25, 0.3) is 0 Å². The van der Waals surface area contributed by atoms with Crippen molar-refractivity contribution in [3.63, 3.8) is 0 Å². The van der Waals surface area contributed by atoms with Gasteiger partial charge in [0.05, 0.1) is 13.7 Å². The molecule has 0 saturated carbocycles. The molecule has 0 fully saturated rings. The molecule has 0 aliphatic heterocycles. The van der Waals surface area contributed by atoms with Crippen LogP contribution < -0.4 is 15.4 Å². The van der Waals surface area contributed by atoms with Gasteiger partial charge in [-0.3, -0.25) is 9.59 Å². The highest BCUT2D eigenvalue weighted by molar-refractivity contribution is 5.99. The van der Waals surface area contributed by atoms with Gasteiger partial charge in [-0.25, -0.2) is 4.79 Å². The Labute approximate surface area is 223 Å². The van der Waals surface area contributed by atoms with Crippen LogP contribution in [0.4, 0.5) is 10.5 Å². The number of nitrogens with zero attached hydrogens (tertiary/aromatic N) is 1. The minimum absolute atomic E-state index is 0.0861. The predicted molar refractivity (Wildman–Crippen MR) is 144 cm³/mol. The second-order valence-electron chi connectivity index (χ2n) is 10.5. The van der Waals surface area contributed by atoms with Crippen molar-refractivity contribution in [2.75, 3.05) is 19.0 Å². The number of aromatic hydroxyl groups is 1. The van der Waals surface area contributed by atoms with E-state index in [1.807, 2.05) is 6.92 Å². The quantitative estimate of drug-likeness (QED) is 0.365. The molecular weight excluding hydrogens is 490 g/mol. The van der Waals surface area contributed by atoms with E-state index in [1.54, 1.807) is 71.0 Å². The van der Waals surface area contributed by atoms with Crippen molar-refractivity contribution >= 4 is 23.6 Å². The zero-order valence-corrected chi connectivity index (χ0v) is 23.1. The monoisotopic (exact) mass is 529 g/mol. The average Bonchev–Trinajstić information content (AvgIpc) is 2.84. The third-order valence-electron chi connectivity index (χ3n) is 5.98. The number of aliphatic hydroxyl groups is 1. The van der Waals surface area contributed by atoms with E-state index in [0.717, 1.165) is 0 Å². The van der Waals surface area contributed by atoms with Gasteiger partial charge in [0.2, 0.25) is 5.91 Å². The first kappa shape index (κ1) is 30.4. The lowest BCUT2D eigenvalue weighted by atomic mass is 9.92. The fraction of sp³-hybridized carbons (Fsp3) is 0.464. The van der Waals surface area contributed by atoms with Crippen LogP contribution >= 0.6 is 0 Å². The number of aliphatic hydroxyl groups excluding tert-OH is 1. The Balaban J connectivity index is 2.56. The largest absolute Gasteiger partial charge is 0.508 e. The first-order valence-corrected chi connectivity index (χ1v) is 12.4. The van der Waals surface area contributed by atoms with Gasteiger partial charge in [0, 0.05) is 11.2 Å². The van der Waals surface area contributed by atoms with E-state index in [1.165, 1.54) is 24.1 Å². The van der Waals surface area contributed by atoms with Crippen molar-refractivity contribution in [2.45, 2.75) is 71.2 Å². The number of alkyl carbamates (subject to hydrolysis) is 1. The van der Waals surface area contributed by atoms with E-state index in [0.29, 0.717) is 23.4 Å². The molecule has 3 amide bonds. The van der Waals surface area contributed by atoms with Gasteiger partial charge in [-0.2, -0.15) is 0 Å². The number of amides is 3. The van der Waals surface area contributed by atoms with Gasteiger partial charge in [0.1, 0.15) is 29.2 Å². The number of phenolic OH excluding ortho intramolecular Hbond substituents is 1. The van der Waals surface area contributed by atoms with Gasteiger partial charge in [-0.15, -0.1) is 0 Å². The number of ether oxygens (including phenoxy) is 2. The second-order valence-corrected chi connectivity index (χ2v) is 10.5. The summed E-state index contributed by atoms with van der Waals surface area (Å²) in [5.74, 6) is -0.722. The SMILES string of the molecule is CCC(C)(C)N(C(=O)C(CO)NC(=O)OC(C)(C)C)C(C(=O)Nc1ccc(OC)cc1)c1cccc(O)c1. The summed E-state index contributed by atoms with van der Waals surface area (Å²) < 4.78 is 10.4. The molecule has 0 radical (unpaired) electrons. The number of phenols is 1. The Kier molecular flexibility index (Phi) is 10.1. The van der Waals surface area contributed by atoms with Crippen molar-refractivity contribution < 1.29 is 34.1 Å². The first-order valence-electron chi connectivity index (χ1n) is 12.4. The minimum atomic E-state index is -1.38. The highest BCUT2D eigenvalue weighted by atomic mass is 16.6. The fourth-order valence-corrected chi connectivity index (χ4v) is 3.75. The molecule has 38 heavy (non-hydrogen) atoms. The van der Waals surface area contributed by atoms with Crippen LogP contribution in [-0.4, -0.2) is 63.9 Å². The highest BCUT2D eigenvalue weighted by Crippen LogP contribution is 2.34. The van der Waals surface area contributed by atoms with E-state index in [2.05, 4.69) is 10.6 Å². The zero-order valence-electron chi connectivity index (χ0n) is 23.1. The van der Waals surface area contributed by atoms with Gasteiger partial charge in [0.15, 0.2) is 0 Å². The zero-order chi connectivity index (χ0) is 28.7. The number of nitrogens with one attached hydrogen (secondary N) is 2. The average molecular weight is 530 g/mol. The van der Waals surface area contributed by atoms with E-state index < -0.39 is 47.7 Å². The highest BCUT2D eigenvalue weighted by Gasteiger charge is 2.43. The number of hydrogen-bond donors (Lipinski definition) is 4. The van der Waals surface area contributed by atoms with Crippen LogP contribution in [0.5, 0.6) is 11.5 Å². The summed E-state index contributed by atoms with van der Waals surface area (Å²) in [5.41, 5.74) is -0.918. The summed E-state index contributed by atoms with van der Waals surface area (Å²) in [5, 5.41) is 25.5. The molecule has 0 aliphatic carbocycles. The maximum Gasteiger partial charge on any atom is 0.408 e. The number of carbonyl (C=O) groups is 3. The van der Waals surface area contributed by atoms with Crippen LogP contribution in [-0.2, 0) is 14.3 Å². The van der Waals surface area contributed by atoms with E-state index >= 15 is 0 Å². The third-order valence-corrected chi connectivity index (χ3v) is 5.98. The number of hydrogen-bond acceptors (Lipinski definition) is 7. The van der Waals surface area contributed by atoms with Crippen molar-refractivity contribution in [1.82, 2.24) is 10.2 Å². The summed E-state index contributed by atoms with van der Waals surface area (Å²) in [6, 6.07) is 10.1. The first-order chi connectivity index (χ1) is 17.7. The Morgan fingerprint density at radius 2 is 1.66 bits per heavy atom. The van der Waals surface area contributed by atoms with E-state index in [4.69, 9.17) is 9.47 Å². The predicted octanol–water partition coefficient (Wildman–Crippen LogP) is 3.98. The van der Waals surface area contributed by atoms with Gasteiger partial charge in [-0.05, 0) is 83.0 Å². The number of anilines is 1. The van der Waals surface area contributed by atoms with Gasteiger partial charge in [-0.1, -0.05) is 19.1 Å². The lowest BCUT2D eigenvalue weighted by Gasteiger charge is -2.44. The smallest absolute Gasteiger partial charge is 0.408 e. The van der Waals surface area contributed by atoms with Gasteiger partial charge < -0.3 is 35.2 Å². The Bertz CT molecular complexity index is 1110. The van der Waals surface area contributed by atoms with E-state index in [-0.39, 0.29) is 5.75 Å². The third kappa shape index (κ3) is 8.11. The Hall–Kier alpha value is -3.79. The molecule has 2 aromatic rings. The normalized spacial score (nSPS) is 13.2. The van der Waals surface area contributed by atoms with Crippen molar-refractivity contribution in [1.29, 1.82) is 0 Å². The standard InChI is InChI=1S/C28H39N3O7/c1-8-28(5,6)31(25(35)22(17-32)30-26(36)38-27(2,3)4)23(18-10-9-11-20(33)16-18)24(34)29-19-12-14-21(37-7)15-13-19/h9-16,22-23,32-33H,8,17H2,1-7H3,(H,29,34)(H,30,36). The summed E-state index contributed by atoms with van der Waals surface area (Å²) in [7, 11) is 1.53. The molecule has 2 atom stereocenters. The number of carbonyl (C=O) groups excluding carboxylic acids is 3. The molecule has 0 bridgehead atoms. The maximum atomic E-state index is 14.0. The molecule has 10 heteroatoms. The number of methoxy groups -OCH3 is 1. The van der Waals surface area contributed by atoms with Gasteiger partial charge >= 0.3 is 6.09 Å². The van der Waals surface area contributed by atoms with Crippen LogP contribution in [0.2, 0.25) is 0 Å². The Morgan fingerprint density at radius 3 is 2.16 bits per heavy atom. The molecule has 0 aliphatic rings. The van der Waals surface area contributed by atoms with Gasteiger partial charge in [0.25, 0.3) is 5.91 Å². The molecular formula is C28H39N3O7. The fourth-order valence-electron chi connectivity index (χ4n) is 3.75. The summed E-state index contributed by atoms with van der Waals surface area (Å²) in [6.07, 6.45) is -0.440. The van der Waals surface area contributed by atoms with Crippen LogP contribution in [0, 0.1) is 0 Å². The molecule has 0 aromatic heterocycles. The van der Waals surface area contributed by atoms with Crippen LogP contribution in [0.1, 0.15) is 59.6 Å². The minimum Gasteiger partial charge on any atom is -0.508 e. The molecule has 0 saturated heterocycles. The Morgan fingerprint density at radius 1 is 1.03 bits per heavy atom. The number of benzene rings is 2. The molecule has 4 N–H and O–H groups in total. The molecule has 2 rings (SSSR count). The molecule has 0 spiro atoms. The molecule has 0 heterocycles. The van der Waals surface area contributed by atoms with Crippen molar-refractivity contribution in [3.05, 3.63) is 54.1 Å². The van der Waals surface area contributed by atoms with E-state index in [9.17, 15) is 24.6 Å². The van der Waals surface area contributed by atoms with Crippen LogP contribution in [0.15, 0.2) is 48.5 Å². The summed E-state index contributed by atoms with van der Waals surface area (Å²) >= 11 is 0. The lowest BCUT2D eigenvalue weighted by molar-refractivity contribution is -0.148. The molecule has 10 nitrogen and oxygen atoms in total. The lowest BCUT2D eigenvalue weighted by Crippen LogP contribution is -2.59. The summed E-state index contributed by atoms with van der Waals surface area (Å²) in [4.78, 5) is 41.6. The molecule has 208 valence electrons. The van der Waals surface area contributed by atoms with Crippen molar-refractivity contribution in [2.24, 2.45) is 0 Å². The molecule has 2 unspecified atom stereocenters. The maximum absolute atomic E-state index is 14.0. The molecule has 2 aromatic carbocycles. The number of rotatable bonds is 10. The topological polar surface area (TPSA) is 137 Å². The summed E-state index contributed by atoms with van der Waals surface area (Å²) in [6.45, 7) is 9.73.